The quantitative estimate of drug-likeness (QED) is 0.473. The van der Waals surface area contributed by atoms with E-state index >= 15 is 0 Å². The Morgan fingerprint density at radius 3 is 2.63 bits per heavy atom. The first-order valence-electron chi connectivity index (χ1n) is 9.06. The highest BCUT2D eigenvalue weighted by Gasteiger charge is 2.33. The molecule has 0 fully saturated rings. The van der Waals surface area contributed by atoms with Crippen LogP contribution in [0.25, 0.3) is 0 Å². The zero-order chi connectivity index (χ0) is 21.4. The van der Waals surface area contributed by atoms with E-state index in [1.54, 1.807) is 23.7 Å². The van der Waals surface area contributed by atoms with Crippen LogP contribution in [-0.2, 0) is 17.6 Å². The van der Waals surface area contributed by atoms with Gasteiger partial charge in [-0.15, -0.1) is 0 Å². The zero-order valence-electron chi connectivity index (χ0n) is 15.8. The van der Waals surface area contributed by atoms with E-state index in [1.807, 2.05) is 12.1 Å². The largest absolute Gasteiger partial charge is 0.312 e. The topological polar surface area (TPSA) is 64.0 Å². The standard InChI is InChI=1S/C21H16ClF2N3O2S/c1-27-19-18(15(9-17(28)25-19)14-7-6-13(23)8-16(14)24)20(29)26-21(27)30-10-11-2-4-12(22)5-3-11/h2-8,15H,9-10H2,1H3,(H,25,28). The molecule has 0 radical (unpaired) electrons. The lowest BCUT2D eigenvalue weighted by Crippen LogP contribution is -2.33. The van der Waals surface area contributed by atoms with Crippen LogP contribution >= 0.6 is 23.4 Å². The van der Waals surface area contributed by atoms with Gasteiger partial charge >= 0.3 is 0 Å². The molecule has 0 bridgehead atoms. The molecule has 1 N–H and O–H groups in total. The van der Waals surface area contributed by atoms with E-state index in [1.165, 1.54) is 17.8 Å². The molecule has 1 aliphatic rings. The van der Waals surface area contributed by atoms with Gasteiger partial charge in [-0.05, 0) is 29.3 Å². The van der Waals surface area contributed by atoms with Gasteiger partial charge in [0.05, 0.1) is 5.56 Å². The third-order valence-electron chi connectivity index (χ3n) is 4.92. The molecular weight excluding hydrogens is 432 g/mol. The van der Waals surface area contributed by atoms with Gasteiger partial charge in [0.1, 0.15) is 17.5 Å². The molecular formula is C21H16ClF2N3O2S. The molecule has 1 aromatic heterocycles. The lowest BCUT2D eigenvalue weighted by atomic mass is 9.86. The Labute approximate surface area is 180 Å². The molecule has 4 rings (SSSR count). The van der Waals surface area contributed by atoms with Crippen molar-refractivity contribution in [3.63, 3.8) is 0 Å². The Balaban J connectivity index is 1.72. The van der Waals surface area contributed by atoms with E-state index in [4.69, 9.17) is 11.6 Å². The maximum absolute atomic E-state index is 14.4. The molecule has 0 spiro atoms. The Morgan fingerprint density at radius 2 is 1.93 bits per heavy atom. The Hall–Kier alpha value is -2.71. The number of halogens is 3. The average Bonchev–Trinajstić information content (AvgIpc) is 2.70. The van der Waals surface area contributed by atoms with Crippen LogP contribution in [0.15, 0.2) is 52.4 Å². The number of hydrogen-bond acceptors (Lipinski definition) is 4. The SMILES string of the molecule is Cn1c(SCc2ccc(Cl)cc2)nc(=O)c2c1NC(=O)CC2c1ccc(F)cc1F. The molecule has 30 heavy (non-hydrogen) atoms. The van der Waals surface area contributed by atoms with Gasteiger partial charge in [0.2, 0.25) is 5.91 Å². The summed E-state index contributed by atoms with van der Waals surface area (Å²) in [5.41, 5.74) is 0.730. The number of amides is 1. The number of carbonyl (C=O) groups excluding carboxylic acids is 1. The van der Waals surface area contributed by atoms with Crippen molar-refractivity contribution in [2.24, 2.45) is 7.05 Å². The predicted molar refractivity (Wildman–Crippen MR) is 112 cm³/mol. The summed E-state index contributed by atoms with van der Waals surface area (Å²) in [6.07, 6.45) is -0.121. The molecule has 3 aromatic rings. The molecule has 0 aliphatic carbocycles. The molecule has 0 saturated carbocycles. The van der Waals surface area contributed by atoms with Crippen LogP contribution in [-0.4, -0.2) is 15.5 Å². The van der Waals surface area contributed by atoms with Gasteiger partial charge in [-0.2, -0.15) is 4.98 Å². The highest BCUT2D eigenvalue weighted by molar-refractivity contribution is 7.98. The van der Waals surface area contributed by atoms with Crippen LogP contribution in [0.2, 0.25) is 5.02 Å². The fourth-order valence-corrected chi connectivity index (χ4v) is 4.49. The van der Waals surface area contributed by atoms with Gasteiger partial charge in [-0.1, -0.05) is 41.6 Å². The minimum Gasteiger partial charge on any atom is -0.312 e. The lowest BCUT2D eigenvalue weighted by Gasteiger charge is -2.27. The molecule has 2 heterocycles. The second kappa shape index (κ2) is 8.20. The summed E-state index contributed by atoms with van der Waals surface area (Å²) < 4.78 is 29.3. The van der Waals surface area contributed by atoms with Crippen molar-refractivity contribution in [2.75, 3.05) is 5.32 Å². The molecule has 5 nitrogen and oxygen atoms in total. The summed E-state index contributed by atoms with van der Waals surface area (Å²) >= 11 is 7.23. The van der Waals surface area contributed by atoms with E-state index in [-0.39, 0.29) is 29.3 Å². The summed E-state index contributed by atoms with van der Waals surface area (Å²) in [5, 5.41) is 3.74. The van der Waals surface area contributed by atoms with E-state index in [0.29, 0.717) is 15.9 Å². The van der Waals surface area contributed by atoms with Crippen molar-refractivity contribution >= 4 is 35.1 Å². The number of thioether (sulfide) groups is 1. The van der Waals surface area contributed by atoms with Crippen molar-refractivity contribution in [3.05, 3.63) is 86.2 Å². The molecule has 2 aromatic carbocycles. The maximum atomic E-state index is 14.4. The van der Waals surface area contributed by atoms with Crippen molar-refractivity contribution in [3.8, 4) is 0 Å². The minimum atomic E-state index is -0.837. The van der Waals surface area contributed by atoms with Crippen LogP contribution in [0, 0.1) is 11.6 Å². The molecule has 9 heteroatoms. The number of rotatable bonds is 4. The first-order valence-corrected chi connectivity index (χ1v) is 10.4. The number of fused-ring (bicyclic) bond motifs is 1. The number of nitrogens with zero attached hydrogens (tertiary/aromatic N) is 2. The predicted octanol–water partition coefficient (Wildman–Crippen LogP) is 4.48. The summed E-state index contributed by atoms with van der Waals surface area (Å²) in [7, 11) is 1.68. The molecule has 0 saturated heterocycles. The van der Waals surface area contributed by atoms with Crippen molar-refractivity contribution in [1.29, 1.82) is 0 Å². The average molecular weight is 448 g/mol. The fourth-order valence-electron chi connectivity index (χ4n) is 3.44. The van der Waals surface area contributed by atoms with Gasteiger partial charge in [-0.25, -0.2) is 8.78 Å². The van der Waals surface area contributed by atoms with E-state index in [9.17, 15) is 18.4 Å². The Morgan fingerprint density at radius 1 is 1.20 bits per heavy atom. The maximum Gasteiger partial charge on any atom is 0.279 e. The number of carbonyl (C=O) groups is 1. The van der Waals surface area contributed by atoms with Gasteiger partial charge in [0, 0.05) is 36.2 Å². The van der Waals surface area contributed by atoms with Crippen LogP contribution in [0.1, 0.15) is 29.0 Å². The van der Waals surface area contributed by atoms with Crippen LogP contribution in [0.5, 0.6) is 0 Å². The third kappa shape index (κ3) is 3.97. The minimum absolute atomic E-state index is 0.0907. The van der Waals surface area contributed by atoms with Gasteiger partial charge < -0.3 is 9.88 Å². The summed E-state index contributed by atoms with van der Waals surface area (Å²) in [6.45, 7) is 0. The first kappa shape index (κ1) is 20.6. The molecule has 1 atom stereocenters. The van der Waals surface area contributed by atoms with Crippen molar-refractivity contribution < 1.29 is 13.6 Å². The number of aromatic nitrogens is 2. The first-order chi connectivity index (χ1) is 14.3. The van der Waals surface area contributed by atoms with Crippen LogP contribution in [0.3, 0.4) is 0 Å². The highest BCUT2D eigenvalue weighted by atomic mass is 35.5. The monoisotopic (exact) mass is 447 g/mol. The van der Waals surface area contributed by atoms with Crippen LogP contribution in [0.4, 0.5) is 14.6 Å². The second-order valence-corrected chi connectivity index (χ2v) is 8.29. The number of nitrogens with one attached hydrogen (secondary N) is 1. The Kier molecular flexibility index (Phi) is 5.62. The smallest absolute Gasteiger partial charge is 0.279 e. The van der Waals surface area contributed by atoms with E-state index < -0.39 is 23.1 Å². The molecule has 1 amide bonds. The summed E-state index contributed by atoms with van der Waals surface area (Å²) in [5.74, 6) is -1.90. The van der Waals surface area contributed by atoms with E-state index in [0.717, 1.165) is 17.7 Å². The van der Waals surface area contributed by atoms with Crippen molar-refractivity contribution in [2.45, 2.75) is 23.2 Å². The molecule has 1 unspecified atom stereocenters. The summed E-state index contributed by atoms with van der Waals surface area (Å²) in [6, 6.07) is 10.4. The fraction of sp³-hybridized carbons (Fsp3) is 0.190. The highest BCUT2D eigenvalue weighted by Crippen LogP contribution is 2.37. The molecule has 1 aliphatic heterocycles. The second-order valence-electron chi connectivity index (χ2n) is 6.91. The summed E-state index contributed by atoms with van der Waals surface area (Å²) in [4.78, 5) is 29.3. The van der Waals surface area contributed by atoms with Crippen LogP contribution < -0.4 is 10.9 Å². The molecule has 154 valence electrons. The van der Waals surface area contributed by atoms with Gasteiger partial charge in [0.15, 0.2) is 5.16 Å². The number of anilines is 1. The Bertz CT molecular complexity index is 1200. The number of benzene rings is 2. The third-order valence-corrected chi connectivity index (χ3v) is 6.27. The van der Waals surface area contributed by atoms with Gasteiger partial charge in [0.25, 0.3) is 5.56 Å². The van der Waals surface area contributed by atoms with Crippen molar-refractivity contribution in [1.82, 2.24) is 9.55 Å². The van der Waals surface area contributed by atoms with E-state index in [2.05, 4.69) is 10.3 Å². The number of hydrogen-bond donors (Lipinski definition) is 1. The van der Waals surface area contributed by atoms with Gasteiger partial charge in [-0.3, -0.25) is 9.59 Å². The lowest BCUT2D eigenvalue weighted by molar-refractivity contribution is -0.116. The zero-order valence-corrected chi connectivity index (χ0v) is 17.4. The normalized spacial score (nSPS) is 15.6.